The van der Waals surface area contributed by atoms with Crippen molar-refractivity contribution in [1.82, 2.24) is 10.6 Å². The van der Waals surface area contributed by atoms with Crippen molar-refractivity contribution in [2.24, 2.45) is 0 Å². The number of thioether (sulfide) groups is 1. The second-order valence-electron chi connectivity index (χ2n) is 4.64. The van der Waals surface area contributed by atoms with Gasteiger partial charge in [-0.15, -0.1) is 24.2 Å². The maximum atomic E-state index is 11.8. The summed E-state index contributed by atoms with van der Waals surface area (Å²) in [5.74, 6) is 0.146. The lowest BCUT2D eigenvalue weighted by molar-refractivity contribution is -0.122. The first-order chi connectivity index (χ1) is 8.75. The molecule has 0 radical (unpaired) electrons. The van der Waals surface area contributed by atoms with Crippen LogP contribution in [0.15, 0.2) is 35.2 Å². The highest BCUT2D eigenvalue weighted by atomic mass is 35.5. The molecule has 1 saturated heterocycles. The van der Waals surface area contributed by atoms with Gasteiger partial charge >= 0.3 is 0 Å². The zero-order valence-electron chi connectivity index (χ0n) is 11.1. The van der Waals surface area contributed by atoms with Crippen LogP contribution in [0.1, 0.15) is 19.8 Å². The van der Waals surface area contributed by atoms with E-state index in [4.69, 9.17) is 0 Å². The molecule has 1 aliphatic rings. The molecule has 1 fully saturated rings. The molecule has 0 aliphatic carbocycles. The van der Waals surface area contributed by atoms with E-state index in [9.17, 15) is 4.79 Å². The Bertz CT molecular complexity index is 382. The van der Waals surface area contributed by atoms with Crippen LogP contribution in [0.4, 0.5) is 0 Å². The molecule has 2 rings (SSSR count). The zero-order valence-corrected chi connectivity index (χ0v) is 12.7. The summed E-state index contributed by atoms with van der Waals surface area (Å²) in [7, 11) is 0. The van der Waals surface area contributed by atoms with Gasteiger partial charge in [0.25, 0.3) is 0 Å². The molecule has 2 unspecified atom stereocenters. The predicted octanol–water partition coefficient (Wildman–Crippen LogP) is 2.46. The van der Waals surface area contributed by atoms with E-state index >= 15 is 0 Å². The lowest BCUT2D eigenvalue weighted by Crippen LogP contribution is -2.42. The van der Waals surface area contributed by atoms with Gasteiger partial charge in [-0.2, -0.15) is 0 Å². The fourth-order valence-electron chi connectivity index (χ4n) is 2.05. The molecule has 106 valence electrons. The number of carbonyl (C=O) groups excluding carboxylic acids is 1. The van der Waals surface area contributed by atoms with Crippen molar-refractivity contribution in [2.45, 2.75) is 36.0 Å². The van der Waals surface area contributed by atoms with Crippen LogP contribution in [0.5, 0.6) is 0 Å². The van der Waals surface area contributed by atoms with Gasteiger partial charge in [-0.25, -0.2) is 0 Å². The molecule has 1 amide bonds. The highest BCUT2D eigenvalue weighted by Gasteiger charge is 2.21. The zero-order chi connectivity index (χ0) is 12.8. The minimum atomic E-state index is 0. The van der Waals surface area contributed by atoms with E-state index < -0.39 is 0 Å². The molecule has 1 aromatic rings. The van der Waals surface area contributed by atoms with Crippen molar-refractivity contribution in [3.8, 4) is 0 Å². The van der Waals surface area contributed by atoms with E-state index in [1.807, 2.05) is 18.2 Å². The molecule has 1 aromatic carbocycles. The average molecular weight is 301 g/mol. The standard InChI is InChI=1S/C14H20N2OS.ClH/c1-11(18-12-6-3-2-4-7-12)10-16-14(17)13-8-5-9-15-13;/h2-4,6-7,11,13,15H,5,8-10H2,1H3,(H,16,17);1H. The quantitative estimate of drug-likeness (QED) is 0.821. The number of halogens is 1. The Labute approximate surface area is 125 Å². The van der Waals surface area contributed by atoms with Crippen LogP contribution in [0, 0.1) is 0 Å². The Morgan fingerprint density at radius 2 is 2.21 bits per heavy atom. The number of hydrogen-bond donors (Lipinski definition) is 2. The topological polar surface area (TPSA) is 41.1 Å². The third-order valence-corrected chi connectivity index (χ3v) is 4.13. The maximum Gasteiger partial charge on any atom is 0.237 e. The van der Waals surface area contributed by atoms with Crippen molar-refractivity contribution in [1.29, 1.82) is 0 Å². The monoisotopic (exact) mass is 300 g/mol. The van der Waals surface area contributed by atoms with Crippen LogP contribution in [0.3, 0.4) is 0 Å². The Kier molecular flexibility index (Phi) is 7.28. The number of carbonyl (C=O) groups is 1. The lowest BCUT2D eigenvalue weighted by atomic mass is 10.2. The van der Waals surface area contributed by atoms with E-state index in [0.29, 0.717) is 5.25 Å². The van der Waals surface area contributed by atoms with Crippen LogP contribution in [-0.2, 0) is 4.79 Å². The van der Waals surface area contributed by atoms with Crippen LogP contribution in [0.25, 0.3) is 0 Å². The van der Waals surface area contributed by atoms with Gasteiger partial charge in [0, 0.05) is 16.7 Å². The van der Waals surface area contributed by atoms with E-state index in [2.05, 4.69) is 29.7 Å². The summed E-state index contributed by atoms with van der Waals surface area (Å²) in [6.07, 6.45) is 2.07. The molecule has 0 saturated carbocycles. The van der Waals surface area contributed by atoms with Crippen LogP contribution < -0.4 is 10.6 Å². The van der Waals surface area contributed by atoms with Gasteiger partial charge in [0.2, 0.25) is 5.91 Å². The van der Waals surface area contributed by atoms with Crippen LogP contribution in [0.2, 0.25) is 0 Å². The van der Waals surface area contributed by atoms with Crippen molar-refractivity contribution in [2.75, 3.05) is 13.1 Å². The fourth-order valence-corrected chi connectivity index (χ4v) is 2.99. The SMILES string of the molecule is CC(CNC(=O)C1CCCN1)Sc1ccccc1.Cl. The minimum Gasteiger partial charge on any atom is -0.354 e. The maximum absolute atomic E-state index is 11.8. The van der Waals surface area contributed by atoms with Crippen molar-refractivity contribution in [3.63, 3.8) is 0 Å². The highest BCUT2D eigenvalue weighted by Crippen LogP contribution is 2.21. The molecule has 2 atom stereocenters. The molecule has 5 heteroatoms. The van der Waals surface area contributed by atoms with E-state index in [-0.39, 0.29) is 24.4 Å². The molecule has 1 aliphatic heterocycles. The summed E-state index contributed by atoms with van der Waals surface area (Å²) in [6, 6.07) is 10.3. The Morgan fingerprint density at radius 1 is 1.47 bits per heavy atom. The fraction of sp³-hybridized carbons (Fsp3) is 0.500. The number of nitrogens with one attached hydrogen (secondary N) is 2. The molecule has 0 bridgehead atoms. The first kappa shape index (κ1) is 16.3. The molecule has 3 nitrogen and oxygen atoms in total. The van der Waals surface area contributed by atoms with Crippen molar-refractivity contribution < 1.29 is 4.79 Å². The second kappa shape index (κ2) is 8.46. The number of amides is 1. The highest BCUT2D eigenvalue weighted by molar-refractivity contribution is 8.00. The van der Waals surface area contributed by atoms with Gasteiger partial charge < -0.3 is 10.6 Å². The molecule has 2 N–H and O–H groups in total. The third kappa shape index (κ3) is 5.43. The van der Waals surface area contributed by atoms with Gasteiger partial charge in [-0.1, -0.05) is 25.1 Å². The predicted molar refractivity (Wildman–Crippen MR) is 83.0 cm³/mol. The molecular formula is C14H21ClN2OS. The summed E-state index contributed by atoms with van der Waals surface area (Å²) in [4.78, 5) is 13.1. The number of hydrogen-bond acceptors (Lipinski definition) is 3. The molecular weight excluding hydrogens is 280 g/mol. The first-order valence-electron chi connectivity index (χ1n) is 6.48. The van der Waals surface area contributed by atoms with Crippen LogP contribution in [-0.4, -0.2) is 30.3 Å². The Hall–Kier alpha value is -0.710. The van der Waals surface area contributed by atoms with E-state index in [1.165, 1.54) is 4.90 Å². The molecule has 1 heterocycles. The Morgan fingerprint density at radius 3 is 2.84 bits per heavy atom. The molecule has 0 spiro atoms. The van der Waals surface area contributed by atoms with E-state index in [1.54, 1.807) is 11.8 Å². The van der Waals surface area contributed by atoms with Gasteiger partial charge in [0.15, 0.2) is 0 Å². The van der Waals surface area contributed by atoms with Gasteiger partial charge in [-0.05, 0) is 31.5 Å². The second-order valence-corrected chi connectivity index (χ2v) is 6.15. The third-order valence-electron chi connectivity index (χ3n) is 3.02. The van der Waals surface area contributed by atoms with Gasteiger partial charge in [0.1, 0.15) is 0 Å². The van der Waals surface area contributed by atoms with Crippen molar-refractivity contribution >= 4 is 30.1 Å². The molecule has 0 aromatic heterocycles. The summed E-state index contributed by atoms with van der Waals surface area (Å²) < 4.78 is 0. The van der Waals surface area contributed by atoms with Crippen LogP contribution >= 0.6 is 24.2 Å². The Balaban J connectivity index is 0.00000180. The summed E-state index contributed by atoms with van der Waals surface area (Å²) in [5, 5.41) is 6.62. The van der Waals surface area contributed by atoms with Gasteiger partial charge in [0.05, 0.1) is 6.04 Å². The normalized spacial score (nSPS) is 19.5. The van der Waals surface area contributed by atoms with E-state index in [0.717, 1.165) is 25.9 Å². The summed E-state index contributed by atoms with van der Waals surface area (Å²) >= 11 is 1.79. The smallest absolute Gasteiger partial charge is 0.237 e. The number of rotatable bonds is 5. The van der Waals surface area contributed by atoms with Crippen molar-refractivity contribution in [3.05, 3.63) is 30.3 Å². The average Bonchev–Trinajstić information content (AvgIpc) is 2.91. The first-order valence-corrected chi connectivity index (χ1v) is 7.36. The largest absolute Gasteiger partial charge is 0.354 e. The number of benzene rings is 1. The summed E-state index contributed by atoms with van der Waals surface area (Å²) in [5.41, 5.74) is 0. The van der Waals surface area contributed by atoms with Gasteiger partial charge in [-0.3, -0.25) is 4.79 Å². The lowest BCUT2D eigenvalue weighted by Gasteiger charge is -2.15. The molecule has 19 heavy (non-hydrogen) atoms. The minimum absolute atomic E-state index is 0. The summed E-state index contributed by atoms with van der Waals surface area (Å²) in [6.45, 7) is 3.82.